The largest absolute Gasteiger partial charge is 0.504 e. The second-order valence-corrected chi connectivity index (χ2v) is 8.74. The molecule has 0 radical (unpaired) electrons. The molecule has 9 heteroatoms. The number of phenols is 2. The van der Waals surface area contributed by atoms with E-state index in [4.69, 9.17) is 10.5 Å². The first-order valence-electron chi connectivity index (χ1n) is 12.0. The Morgan fingerprint density at radius 2 is 1.63 bits per heavy atom. The van der Waals surface area contributed by atoms with Crippen molar-refractivity contribution in [2.24, 2.45) is 5.73 Å². The number of halogens is 3. The number of nitrogens with two attached hydrogens (primary N) is 1. The van der Waals surface area contributed by atoms with E-state index in [-0.39, 0.29) is 60.7 Å². The number of ether oxygens (including phenoxy) is 1. The van der Waals surface area contributed by atoms with Gasteiger partial charge in [-0.15, -0.1) is 37.2 Å². The van der Waals surface area contributed by atoms with Gasteiger partial charge in [0.1, 0.15) is 5.75 Å². The van der Waals surface area contributed by atoms with E-state index in [1.807, 2.05) is 30.3 Å². The van der Waals surface area contributed by atoms with Crippen LogP contribution in [0.25, 0.3) is 0 Å². The summed E-state index contributed by atoms with van der Waals surface area (Å²) >= 11 is 0. The van der Waals surface area contributed by atoms with Gasteiger partial charge in [-0.05, 0) is 61.9 Å². The average Bonchev–Trinajstić information content (AvgIpc) is 2.81. The Balaban J connectivity index is 0.00000385. The minimum Gasteiger partial charge on any atom is -0.504 e. The summed E-state index contributed by atoms with van der Waals surface area (Å²) in [5, 5.41) is 26.8. The minimum absolute atomic E-state index is 0. The molecule has 200 valence electrons. The molecule has 0 fully saturated rings. The van der Waals surface area contributed by atoms with Crippen LogP contribution in [0.2, 0.25) is 0 Å². The van der Waals surface area contributed by atoms with Gasteiger partial charge in [0.05, 0.1) is 12.8 Å². The molecule has 35 heavy (non-hydrogen) atoms. The zero-order valence-corrected chi connectivity index (χ0v) is 23.0. The van der Waals surface area contributed by atoms with Crippen molar-refractivity contribution in [3.63, 3.8) is 0 Å². The van der Waals surface area contributed by atoms with Gasteiger partial charge in [0.2, 0.25) is 0 Å². The first-order chi connectivity index (χ1) is 15.6. The Labute approximate surface area is 228 Å². The van der Waals surface area contributed by atoms with E-state index >= 15 is 0 Å². The normalized spacial score (nSPS) is 16.2. The molecule has 0 spiro atoms. The Hall–Kier alpha value is -1.57. The van der Waals surface area contributed by atoms with Crippen molar-refractivity contribution in [2.45, 2.75) is 63.3 Å². The van der Waals surface area contributed by atoms with E-state index in [1.54, 1.807) is 13.2 Å². The number of hydrogen-bond acceptors (Lipinski definition) is 6. The van der Waals surface area contributed by atoms with Gasteiger partial charge in [-0.1, -0.05) is 43.9 Å². The molecule has 1 aliphatic carbocycles. The molecule has 1 aliphatic rings. The highest BCUT2D eigenvalue weighted by Crippen LogP contribution is 2.42. The van der Waals surface area contributed by atoms with Crippen molar-refractivity contribution >= 4 is 42.9 Å². The van der Waals surface area contributed by atoms with Gasteiger partial charge in [-0.3, -0.25) is 0 Å². The highest BCUT2D eigenvalue weighted by molar-refractivity contribution is 5.86. The maximum Gasteiger partial charge on any atom is 0.160 e. The lowest BCUT2D eigenvalue weighted by molar-refractivity contribution is 0.380. The lowest BCUT2D eigenvalue weighted by Gasteiger charge is -2.32. The second kappa shape index (κ2) is 17.8. The summed E-state index contributed by atoms with van der Waals surface area (Å²) in [6.45, 7) is 2.84. The third kappa shape index (κ3) is 9.77. The SMILES string of the molecule is COc1ccccc1NCCNCCCCCCCC1c2ccc(O)c(O)c2CCC1N.Cl.Cl.Cl. The van der Waals surface area contributed by atoms with Crippen LogP contribution < -0.4 is 21.1 Å². The van der Waals surface area contributed by atoms with Crippen molar-refractivity contribution in [1.29, 1.82) is 0 Å². The first kappa shape index (κ1) is 33.4. The summed E-state index contributed by atoms with van der Waals surface area (Å²) in [6, 6.07) is 11.7. The fraction of sp³-hybridized carbons (Fsp3) is 0.538. The van der Waals surface area contributed by atoms with E-state index in [0.29, 0.717) is 0 Å². The predicted octanol–water partition coefficient (Wildman–Crippen LogP) is 5.77. The predicted molar refractivity (Wildman–Crippen MR) is 153 cm³/mol. The molecule has 0 amide bonds. The standard InChI is InChI=1S/C26H39N3O3.3ClH/c1-32-25-11-7-6-10-23(25)29-18-17-28-16-8-4-2-3-5-9-20-19-13-15-24(30)26(31)21(19)12-14-22(20)27;;;/h6-7,10-11,13,15,20,22,28-31H,2-5,8-9,12,14,16-18,27H2,1H3;3*1H. The molecule has 2 aromatic carbocycles. The number of para-hydroxylation sites is 2. The number of rotatable bonds is 13. The minimum atomic E-state index is -0.0258. The van der Waals surface area contributed by atoms with Crippen LogP contribution in [0.15, 0.2) is 36.4 Å². The van der Waals surface area contributed by atoms with E-state index in [9.17, 15) is 10.2 Å². The molecule has 0 heterocycles. The van der Waals surface area contributed by atoms with Gasteiger partial charge in [0, 0.05) is 24.7 Å². The molecule has 0 saturated carbocycles. The Bertz CT molecular complexity index is 858. The van der Waals surface area contributed by atoms with Crippen molar-refractivity contribution in [1.82, 2.24) is 5.32 Å². The summed E-state index contributed by atoms with van der Waals surface area (Å²) in [7, 11) is 1.69. The van der Waals surface area contributed by atoms with Crippen molar-refractivity contribution in [3.8, 4) is 17.2 Å². The van der Waals surface area contributed by atoms with Crippen LogP contribution in [0, 0.1) is 0 Å². The van der Waals surface area contributed by atoms with Crippen molar-refractivity contribution in [2.75, 3.05) is 32.1 Å². The van der Waals surface area contributed by atoms with Crippen LogP contribution in [-0.4, -0.2) is 43.0 Å². The number of unbranched alkanes of at least 4 members (excludes halogenated alkanes) is 4. The number of benzene rings is 2. The summed E-state index contributed by atoms with van der Waals surface area (Å²) in [6.07, 6.45) is 8.67. The Kier molecular flexibility index (Phi) is 17.0. The summed E-state index contributed by atoms with van der Waals surface area (Å²) in [5.41, 5.74) is 9.44. The van der Waals surface area contributed by atoms with Gasteiger partial charge in [-0.2, -0.15) is 0 Å². The number of nitrogens with one attached hydrogen (secondary N) is 2. The maximum atomic E-state index is 10.2. The van der Waals surface area contributed by atoms with Crippen molar-refractivity contribution < 1.29 is 14.9 Å². The third-order valence-corrected chi connectivity index (χ3v) is 6.53. The topological polar surface area (TPSA) is 99.8 Å². The van der Waals surface area contributed by atoms with Crippen LogP contribution in [0.1, 0.15) is 62.0 Å². The second-order valence-electron chi connectivity index (χ2n) is 8.74. The van der Waals surface area contributed by atoms with E-state index < -0.39 is 0 Å². The van der Waals surface area contributed by atoms with Gasteiger partial charge in [-0.25, -0.2) is 0 Å². The smallest absolute Gasteiger partial charge is 0.160 e. The van der Waals surface area contributed by atoms with Gasteiger partial charge in [0.15, 0.2) is 11.5 Å². The zero-order chi connectivity index (χ0) is 22.8. The lowest BCUT2D eigenvalue weighted by atomic mass is 9.76. The van der Waals surface area contributed by atoms with Gasteiger partial charge >= 0.3 is 0 Å². The van der Waals surface area contributed by atoms with E-state index in [0.717, 1.165) is 67.9 Å². The number of phenolic OH excluding ortho intramolecular Hbond substituents is 2. The van der Waals surface area contributed by atoms with E-state index in [1.165, 1.54) is 25.7 Å². The molecule has 6 nitrogen and oxygen atoms in total. The molecular formula is C26H42Cl3N3O3. The molecule has 0 bridgehead atoms. The molecule has 0 aliphatic heterocycles. The number of aromatic hydroxyl groups is 2. The van der Waals surface area contributed by atoms with Crippen LogP contribution in [-0.2, 0) is 6.42 Å². The average molecular weight is 551 g/mol. The third-order valence-electron chi connectivity index (χ3n) is 6.53. The van der Waals surface area contributed by atoms with Gasteiger partial charge < -0.3 is 31.3 Å². The quantitative estimate of drug-likeness (QED) is 0.160. The molecule has 3 rings (SSSR count). The summed E-state index contributed by atoms with van der Waals surface area (Å²) in [4.78, 5) is 0. The molecule has 6 N–H and O–H groups in total. The molecule has 0 saturated heterocycles. The van der Waals surface area contributed by atoms with Crippen LogP contribution in [0.4, 0.5) is 5.69 Å². The van der Waals surface area contributed by atoms with Crippen molar-refractivity contribution in [3.05, 3.63) is 47.5 Å². The summed E-state index contributed by atoms with van der Waals surface area (Å²) in [5.74, 6) is 1.18. The number of hydrogen-bond donors (Lipinski definition) is 5. The molecule has 0 aromatic heterocycles. The number of methoxy groups -OCH3 is 1. The number of fused-ring (bicyclic) bond motifs is 1. The highest BCUT2D eigenvalue weighted by atomic mass is 35.5. The van der Waals surface area contributed by atoms with Crippen LogP contribution in [0.5, 0.6) is 17.2 Å². The zero-order valence-electron chi connectivity index (χ0n) is 20.5. The van der Waals surface area contributed by atoms with Crippen LogP contribution >= 0.6 is 37.2 Å². The maximum absolute atomic E-state index is 10.2. The Morgan fingerprint density at radius 3 is 2.40 bits per heavy atom. The lowest BCUT2D eigenvalue weighted by Crippen LogP contribution is -2.33. The van der Waals surface area contributed by atoms with E-state index in [2.05, 4.69) is 10.6 Å². The fourth-order valence-electron chi connectivity index (χ4n) is 4.71. The van der Waals surface area contributed by atoms with Gasteiger partial charge in [0.25, 0.3) is 0 Å². The molecule has 2 unspecified atom stereocenters. The van der Waals surface area contributed by atoms with Crippen LogP contribution in [0.3, 0.4) is 0 Å². The highest BCUT2D eigenvalue weighted by Gasteiger charge is 2.29. The number of anilines is 1. The molecule has 2 aromatic rings. The molecule has 2 atom stereocenters. The summed E-state index contributed by atoms with van der Waals surface area (Å²) < 4.78 is 5.35. The molecular weight excluding hydrogens is 509 g/mol. The Morgan fingerprint density at radius 1 is 0.914 bits per heavy atom. The fourth-order valence-corrected chi connectivity index (χ4v) is 4.71. The monoisotopic (exact) mass is 549 g/mol. The first-order valence-corrected chi connectivity index (χ1v) is 12.0.